The van der Waals surface area contributed by atoms with Crippen LogP contribution in [0.5, 0.6) is 10.9 Å². The van der Waals surface area contributed by atoms with E-state index in [9.17, 15) is 13.6 Å². The third-order valence-corrected chi connectivity index (χ3v) is 5.39. The molecule has 0 atom stereocenters. The minimum Gasteiger partial charge on any atom is -0.431 e. The Balaban J connectivity index is 1.32. The molecule has 3 aromatic carbocycles. The molecule has 0 spiro atoms. The van der Waals surface area contributed by atoms with Crippen LogP contribution in [0.3, 0.4) is 0 Å². The summed E-state index contributed by atoms with van der Waals surface area (Å²) in [6, 6.07) is 18.2. The number of thiazole rings is 1. The van der Waals surface area contributed by atoms with Gasteiger partial charge in [-0.25, -0.2) is 13.8 Å². The SMILES string of the molecule is O=C(Cc1ccc(Oc2nc3ccccc3s2)cc1F)NCCc1cccc(F)c1. The molecule has 1 heterocycles. The quantitative estimate of drug-likeness (QED) is 0.440. The summed E-state index contributed by atoms with van der Waals surface area (Å²) in [7, 11) is 0. The van der Waals surface area contributed by atoms with Gasteiger partial charge in [0.1, 0.15) is 17.4 Å². The molecule has 0 unspecified atom stereocenters. The molecule has 4 aromatic rings. The van der Waals surface area contributed by atoms with E-state index < -0.39 is 5.82 Å². The first-order chi connectivity index (χ1) is 14.6. The van der Waals surface area contributed by atoms with Crippen molar-refractivity contribution in [3.63, 3.8) is 0 Å². The monoisotopic (exact) mass is 424 g/mol. The lowest BCUT2D eigenvalue weighted by atomic mass is 10.1. The Hall–Kier alpha value is -3.32. The molecular formula is C23H18F2N2O2S. The normalized spacial score (nSPS) is 10.9. The Morgan fingerprint density at radius 1 is 1.03 bits per heavy atom. The first-order valence-electron chi connectivity index (χ1n) is 9.40. The Bertz CT molecular complexity index is 1160. The first kappa shape index (κ1) is 20.0. The number of rotatable bonds is 7. The summed E-state index contributed by atoms with van der Waals surface area (Å²) in [5, 5.41) is 3.16. The summed E-state index contributed by atoms with van der Waals surface area (Å²) in [5.74, 6) is -0.810. The number of amides is 1. The number of ether oxygens (including phenoxy) is 1. The molecular weight excluding hydrogens is 406 g/mol. The summed E-state index contributed by atoms with van der Waals surface area (Å²) in [4.78, 5) is 16.5. The minimum atomic E-state index is -0.520. The Morgan fingerprint density at radius 2 is 1.90 bits per heavy atom. The van der Waals surface area contributed by atoms with Gasteiger partial charge in [0.05, 0.1) is 16.6 Å². The number of halogens is 2. The number of fused-ring (bicyclic) bond motifs is 1. The van der Waals surface area contributed by atoms with Crippen LogP contribution >= 0.6 is 11.3 Å². The fourth-order valence-electron chi connectivity index (χ4n) is 3.00. The summed E-state index contributed by atoms with van der Waals surface area (Å²) in [6.45, 7) is 0.350. The van der Waals surface area contributed by atoms with E-state index in [0.29, 0.717) is 23.9 Å². The summed E-state index contributed by atoms with van der Waals surface area (Å²) >= 11 is 1.38. The smallest absolute Gasteiger partial charge is 0.279 e. The number of carbonyl (C=O) groups excluding carboxylic acids is 1. The van der Waals surface area contributed by atoms with E-state index in [2.05, 4.69) is 10.3 Å². The van der Waals surface area contributed by atoms with E-state index in [4.69, 9.17) is 4.74 Å². The van der Waals surface area contributed by atoms with Crippen molar-refractivity contribution < 1.29 is 18.3 Å². The molecule has 152 valence electrons. The molecule has 1 amide bonds. The van der Waals surface area contributed by atoms with Gasteiger partial charge < -0.3 is 10.1 Å². The number of carbonyl (C=O) groups is 1. The first-order valence-corrected chi connectivity index (χ1v) is 10.2. The van der Waals surface area contributed by atoms with Crippen LogP contribution in [0.2, 0.25) is 0 Å². The van der Waals surface area contributed by atoms with E-state index >= 15 is 0 Å². The molecule has 7 heteroatoms. The van der Waals surface area contributed by atoms with Gasteiger partial charge in [-0.2, -0.15) is 0 Å². The lowest BCUT2D eigenvalue weighted by molar-refractivity contribution is -0.120. The second-order valence-corrected chi connectivity index (χ2v) is 7.70. The predicted molar refractivity (Wildman–Crippen MR) is 113 cm³/mol. The molecule has 1 N–H and O–H groups in total. The molecule has 0 radical (unpaired) electrons. The van der Waals surface area contributed by atoms with Crippen LogP contribution in [0.25, 0.3) is 10.2 Å². The maximum Gasteiger partial charge on any atom is 0.279 e. The van der Waals surface area contributed by atoms with Gasteiger partial charge in [-0.15, -0.1) is 0 Å². The van der Waals surface area contributed by atoms with Gasteiger partial charge >= 0.3 is 0 Å². The zero-order valence-corrected chi connectivity index (χ0v) is 16.7. The second-order valence-electron chi connectivity index (χ2n) is 6.71. The Kier molecular flexibility index (Phi) is 5.99. The zero-order chi connectivity index (χ0) is 20.9. The fourth-order valence-corrected chi connectivity index (χ4v) is 3.84. The van der Waals surface area contributed by atoms with Crippen LogP contribution in [0, 0.1) is 11.6 Å². The average Bonchev–Trinajstić information content (AvgIpc) is 3.12. The second kappa shape index (κ2) is 9.00. The van der Waals surface area contributed by atoms with Gasteiger partial charge in [-0.1, -0.05) is 41.7 Å². The van der Waals surface area contributed by atoms with Crippen LogP contribution in [0.15, 0.2) is 66.7 Å². The number of hydrogen-bond donors (Lipinski definition) is 1. The summed E-state index contributed by atoms with van der Waals surface area (Å²) in [5.41, 5.74) is 1.89. The molecule has 0 aliphatic rings. The van der Waals surface area contributed by atoms with Crippen molar-refractivity contribution in [1.82, 2.24) is 10.3 Å². The minimum absolute atomic E-state index is 0.0869. The predicted octanol–water partition coefficient (Wildman–Crippen LogP) is 5.27. The number of aromatic nitrogens is 1. The third kappa shape index (κ3) is 4.99. The van der Waals surface area contributed by atoms with Gasteiger partial charge in [0.25, 0.3) is 5.19 Å². The van der Waals surface area contributed by atoms with Crippen LogP contribution in [-0.4, -0.2) is 17.4 Å². The summed E-state index contributed by atoms with van der Waals surface area (Å²) in [6.07, 6.45) is 0.414. The number of hydrogen-bond acceptors (Lipinski definition) is 4. The third-order valence-electron chi connectivity index (χ3n) is 4.48. The average molecular weight is 424 g/mol. The van der Waals surface area contributed by atoms with Gasteiger partial charge in [-0.05, 0) is 47.9 Å². The highest BCUT2D eigenvalue weighted by molar-refractivity contribution is 7.20. The molecule has 0 saturated heterocycles. The highest BCUT2D eigenvalue weighted by Crippen LogP contribution is 2.31. The highest BCUT2D eigenvalue weighted by Gasteiger charge is 2.11. The molecule has 4 rings (SSSR count). The molecule has 1 aromatic heterocycles. The molecule has 0 aliphatic carbocycles. The fraction of sp³-hybridized carbons (Fsp3) is 0.130. The maximum absolute atomic E-state index is 14.4. The van der Waals surface area contributed by atoms with E-state index in [1.807, 2.05) is 24.3 Å². The van der Waals surface area contributed by atoms with E-state index in [1.165, 1.54) is 35.6 Å². The number of benzene rings is 3. The van der Waals surface area contributed by atoms with Crippen molar-refractivity contribution in [3.8, 4) is 10.9 Å². The van der Waals surface area contributed by atoms with Crippen LogP contribution in [0.1, 0.15) is 11.1 Å². The molecule has 0 saturated carbocycles. The van der Waals surface area contributed by atoms with Crippen LogP contribution in [-0.2, 0) is 17.6 Å². The topological polar surface area (TPSA) is 51.2 Å². The van der Waals surface area contributed by atoms with Crippen LogP contribution in [0.4, 0.5) is 8.78 Å². The van der Waals surface area contributed by atoms with E-state index in [0.717, 1.165) is 15.8 Å². The van der Waals surface area contributed by atoms with Gasteiger partial charge in [-0.3, -0.25) is 4.79 Å². The Morgan fingerprint density at radius 3 is 2.70 bits per heavy atom. The maximum atomic E-state index is 14.4. The van der Waals surface area contributed by atoms with E-state index in [-0.39, 0.29) is 23.7 Å². The Labute approximate surface area is 176 Å². The zero-order valence-electron chi connectivity index (χ0n) is 15.9. The van der Waals surface area contributed by atoms with Crippen molar-refractivity contribution >= 4 is 27.5 Å². The summed E-state index contributed by atoms with van der Waals surface area (Å²) < 4.78 is 34.2. The number of para-hydroxylation sites is 1. The lowest BCUT2D eigenvalue weighted by Crippen LogP contribution is -2.27. The van der Waals surface area contributed by atoms with Crippen molar-refractivity contribution in [2.45, 2.75) is 12.8 Å². The van der Waals surface area contributed by atoms with Gasteiger partial charge in [0, 0.05) is 12.6 Å². The molecule has 0 bridgehead atoms. The van der Waals surface area contributed by atoms with Crippen molar-refractivity contribution in [1.29, 1.82) is 0 Å². The molecule has 0 aliphatic heterocycles. The van der Waals surface area contributed by atoms with Crippen molar-refractivity contribution in [2.75, 3.05) is 6.54 Å². The number of nitrogens with zero attached hydrogens (tertiary/aromatic N) is 1. The molecule has 0 fully saturated rings. The van der Waals surface area contributed by atoms with Crippen molar-refractivity contribution in [2.24, 2.45) is 0 Å². The standard InChI is InChI=1S/C23H18F2N2O2S/c24-17-5-3-4-15(12-17)10-11-26-22(28)13-16-8-9-18(14-19(16)25)29-23-27-20-6-1-2-7-21(20)30-23/h1-9,12,14H,10-11,13H2,(H,26,28). The lowest BCUT2D eigenvalue weighted by Gasteiger charge is -2.08. The van der Waals surface area contributed by atoms with Crippen molar-refractivity contribution in [3.05, 3.63) is 89.5 Å². The molecule has 30 heavy (non-hydrogen) atoms. The van der Waals surface area contributed by atoms with E-state index in [1.54, 1.807) is 18.2 Å². The highest BCUT2D eigenvalue weighted by atomic mass is 32.1. The number of nitrogens with one attached hydrogen (secondary N) is 1. The van der Waals surface area contributed by atoms with Gasteiger partial charge in [0.15, 0.2) is 0 Å². The van der Waals surface area contributed by atoms with Crippen LogP contribution < -0.4 is 10.1 Å². The largest absolute Gasteiger partial charge is 0.431 e. The van der Waals surface area contributed by atoms with Gasteiger partial charge in [0.2, 0.25) is 5.91 Å². The molecule has 4 nitrogen and oxygen atoms in total.